The number of ether oxygens (including phenoxy) is 1. The molecule has 0 bridgehead atoms. The number of benzene rings is 1. The molecule has 0 aliphatic carbocycles. The van der Waals surface area contributed by atoms with Crippen molar-refractivity contribution in [3.63, 3.8) is 0 Å². The Morgan fingerprint density at radius 2 is 2.10 bits per heavy atom. The third-order valence-electron chi connectivity index (χ3n) is 2.71. The first-order valence-corrected chi connectivity index (χ1v) is 6.55. The number of hydrogen-bond donors (Lipinski definition) is 3. The molecule has 4 N–H and O–H groups in total. The Kier molecular flexibility index (Phi) is 6.41. The zero-order valence-corrected chi connectivity index (χ0v) is 12.1. The summed E-state index contributed by atoms with van der Waals surface area (Å²) in [5.41, 5.74) is 6.56. The van der Waals surface area contributed by atoms with Gasteiger partial charge < -0.3 is 21.1 Å². The maximum atomic E-state index is 13.3. The van der Waals surface area contributed by atoms with Gasteiger partial charge in [0.15, 0.2) is 0 Å². The topological polar surface area (TPSA) is 76.4 Å². The fourth-order valence-electron chi connectivity index (χ4n) is 1.73. The molecule has 0 heterocycles. The molecule has 20 heavy (non-hydrogen) atoms. The van der Waals surface area contributed by atoms with E-state index in [1.807, 2.05) is 13.8 Å². The molecule has 0 aromatic heterocycles. The van der Waals surface area contributed by atoms with Gasteiger partial charge in [-0.1, -0.05) is 0 Å². The Balaban J connectivity index is 2.79. The first-order chi connectivity index (χ1) is 9.46. The molecule has 1 unspecified atom stereocenters. The Morgan fingerprint density at radius 3 is 2.65 bits per heavy atom. The van der Waals surface area contributed by atoms with Gasteiger partial charge in [-0.2, -0.15) is 0 Å². The van der Waals surface area contributed by atoms with Crippen LogP contribution in [0, 0.1) is 5.82 Å². The van der Waals surface area contributed by atoms with E-state index < -0.39 is 5.82 Å². The summed E-state index contributed by atoms with van der Waals surface area (Å²) in [5.74, 6) is -0.670. The van der Waals surface area contributed by atoms with E-state index in [0.29, 0.717) is 11.4 Å². The van der Waals surface area contributed by atoms with E-state index in [0.717, 1.165) is 0 Å². The molecule has 1 atom stereocenters. The summed E-state index contributed by atoms with van der Waals surface area (Å²) in [4.78, 5) is 11.9. The molecular formula is C14H22FN3O2. The van der Waals surface area contributed by atoms with Crippen LogP contribution in [0.2, 0.25) is 0 Å². The summed E-state index contributed by atoms with van der Waals surface area (Å²) in [5, 5.41) is 5.83. The molecule has 1 aromatic carbocycles. The van der Waals surface area contributed by atoms with Gasteiger partial charge in [-0.05, 0) is 32.0 Å². The lowest BCUT2D eigenvalue weighted by molar-refractivity contribution is -0.118. The van der Waals surface area contributed by atoms with Gasteiger partial charge in [-0.15, -0.1) is 0 Å². The highest BCUT2D eigenvalue weighted by molar-refractivity contribution is 5.94. The second-order valence-electron chi connectivity index (χ2n) is 4.83. The van der Waals surface area contributed by atoms with Crippen LogP contribution in [0.15, 0.2) is 18.2 Å². The normalized spacial score (nSPS) is 12.3. The molecule has 6 heteroatoms. The molecule has 0 fully saturated rings. The summed E-state index contributed by atoms with van der Waals surface area (Å²) < 4.78 is 18.4. The van der Waals surface area contributed by atoms with Crippen molar-refractivity contribution in [3.05, 3.63) is 24.0 Å². The third kappa shape index (κ3) is 5.14. The lowest BCUT2D eigenvalue weighted by Crippen LogP contribution is -2.28. The minimum absolute atomic E-state index is 0.130. The van der Waals surface area contributed by atoms with E-state index in [-0.39, 0.29) is 31.0 Å². The van der Waals surface area contributed by atoms with Crippen molar-refractivity contribution in [2.45, 2.75) is 32.4 Å². The SMILES string of the molecule is COC(CN)CC(=O)Nc1cc(F)ccc1NC(C)C. The number of carbonyl (C=O) groups is 1. The molecule has 1 aromatic rings. The van der Waals surface area contributed by atoms with Gasteiger partial charge in [0.1, 0.15) is 5.82 Å². The predicted molar refractivity (Wildman–Crippen MR) is 78.3 cm³/mol. The number of anilines is 2. The lowest BCUT2D eigenvalue weighted by Gasteiger charge is -2.17. The number of nitrogens with one attached hydrogen (secondary N) is 2. The molecule has 1 rings (SSSR count). The van der Waals surface area contributed by atoms with Crippen molar-refractivity contribution in [2.75, 3.05) is 24.3 Å². The highest BCUT2D eigenvalue weighted by atomic mass is 19.1. The maximum Gasteiger partial charge on any atom is 0.227 e. The molecule has 0 aliphatic heterocycles. The van der Waals surface area contributed by atoms with E-state index in [4.69, 9.17) is 10.5 Å². The standard InChI is InChI=1S/C14H22FN3O2/c1-9(2)17-12-5-4-10(15)6-13(12)18-14(19)7-11(8-16)20-3/h4-6,9,11,17H,7-8,16H2,1-3H3,(H,18,19). The summed E-state index contributed by atoms with van der Waals surface area (Å²) in [6.45, 7) is 4.18. The van der Waals surface area contributed by atoms with E-state index in [2.05, 4.69) is 10.6 Å². The number of carbonyl (C=O) groups excluding carboxylic acids is 1. The average molecular weight is 283 g/mol. The number of amides is 1. The second-order valence-corrected chi connectivity index (χ2v) is 4.83. The highest BCUT2D eigenvalue weighted by Gasteiger charge is 2.14. The van der Waals surface area contributed by atoms with Crippen molar-refractivity contribution >= 4 is 17.3 Å². The van der Waals surface area contributed by atoms with Crippen LogP contribution in [0.4, 0.5) is 15.8 Å². The quantitative estimate of drug-likeness (QED) is 0.715. The third-order valence-corrected chi connectivity index (χ3v) is 2.71. The molecule has 112 valence electrons. The van der Waals surface area contributed by atoms with Crippen LogP contribution in [-0.2, 0) is 9.53 Å². The number of hydrogen-bond acceptors (Lipinski definition) is 4. The monoisotopic (exact) mass is 283 g/mol. The number of nitrogens with two attached hydrogens (primary N) is 1. The first kappa shape index (κ1) is 16.4. The maximum absolute atomic E-state index is 13.3. The Hall–Kier alpha value is -1.66. The minimum atomic E-state index is -0.406. The summed E-state index contributed by atoms with van der Waals surface area (Å²) in [6, 6.07) is 4.40. The van der Waals surface area contributed by atoms with Crippen molar-refractivity contribution in [3.8, 4) is 0 Å². The zero-order chi connectivity index (χ0) is 15.1. The van der Waals surface area contributed by atoms with Crippen molar-refractivity contribution in [2.24, 2.45) is 5.73 Å². The largest absolute Gasteiger partial charge is 0.381 e. The first-order valence-electron chi connectivity index (χ1n) is 6.55. The number of rotatable bonds is 7. The molecule has 0 saturated heterocycles. The van der Waals surface area contributed by atoms with Crippen molar-refractivity contribution in [1.29, 1.82) is 0 Å². The van der Waals surface area contributed by atoms with Crippen LogP contribution in [0.1, 0.15) is 20.3 Å². The van der Waals surface area contributed by atoms with Gasteiger partial charge in [-0.3, -0.25) is 4.79 Å². The Bertz CT molecular complexity index is 448. The van der Waals surface area contributed by atoms with Gasteiger partial charge in [-0.25, -0.2) is 4.39 Å². The number of methoxy groups -OCH3 is 1. The Morgan fingerprint density at radius 1 is 1.40 bits per heavy atom. The van der Waals surface area contributed by atoms with Gasteiger partial charge in [0, 0.05) is 19.7 Å². The fourth-order valence-corrected chi connectivity index (χ4v) is 1.73. The molecule has 0 spiro atoms. The molecule has 0 saturated carbocycles. The van der Waals surface area contributed by atoms with Gasteiger partial charge in [0.05, 0.1) is 23.9 Å². The zero-order valence-electron chi connectivity index (χ0n) is 12.1. The van der Waals surface area contributed by atoms with E-state index in [1.54, 1.807) is 6.07 Å². The lowest BCUT2D eigenvalue weighted by atomic mass is 10.2. The summed E-state index contributed by atoms with van der Waals surface area (Å²) in [7, 11) is 1.50. The predicted octanol–water partition coefficient (Wildman–Crippen LogP) is 1.95. The number of halogens is 1. The van der Waals surface area contributed by atoms with E-state index in [9.17, 15) is 9.18 Å². The van der Waals surface area contributed by atoms with Crippen LogP contribution in [0.25, 0.3) is 0 Å². The molecule has 0 radical (unpaired) electrons. The van der Waals surface area contributed by atoms with Crippen LogP contribution >= 0.6 is 0 Å². The molecular weight excluding hydrogens is 261 g/mol. The second kappa shape index (κ2) is 7.81. The molecule has 5 nitrogen and oxygen atoms in total. The van der Waals surface area contributed by atoms with Gasteiger partial charge in [0.25, 0.3) is 0 Å². The van der Waals surface area contributed by atoms with Gasteiger partial charge >= 0.3 is 0 Å². The van der Waals surface area contributed by atoms with E-state index in [1.165, 1.54) is 19.2 Å². The summed E-state index contributed by atoms with van der Waals surface area (Å²) in [6.07, 6.45) is -0.213. The molecule has 0 aliphatic rings. The van der Waals surface area contributed by atoms with Crippen molar-refractivity contribution in [1.82, 2.24) is 0 Å². The highest BCUT2D eigenvalue weighted by Crippen LogP contribution is 2.23. The fraction of sp³-hybridized carbons (Fsp3) is 0.500. The minimum Gasteiger partial charge on any atom is -0.381 e. The van der Waals surface area contributed by atoms with Crippen LogP contribution in [0.3, 0.4) is 0 Å². The smallest absolute Gasteiger partial charge is 0.227 e. The van der Waals surface area contributed by atoms with Crippen LogP contribution in [-0.4, -0.2) is 31.7 Å². The van der Waals surface area contributed by atoms with E-state index >= 15 is 0 Å². The van der Waals surface area contributed by atoms with Gasteiger partial charge in [0.2, 0.25) is 5.91 Å². The molecule has 1 amide bonds. The summed E-state index contributed by atoms with van der Waals surface area (Å²) >= 11 is 0. The average Bonchev–Trinajstić information content (AvgIpc) is 2.38. The Labute approximate surface area is 118 Å². The van der Waals surface area contributed by atoms with Crippen LogP contribution in [0.5, 0.6) is 0 Å². The van der Waals surface area contributed by atoms with Crippen molar-refractivity contribution < 1.29 is 13.9 Å². The van der Waals surface area contributed by atoms with Crippen LogP contribution < -0.4 is 16.4 Å².